The molecule has 0 radical (unpaired) electrons. The summed E-state index contributed by atoms with van der Waals surface area (Å²) in [7, 11) is -0.0884. The number of nitrogen functional groups attached to an aromatic ring is 1. The lowest BCUT2D eigenvalue weighted by Crippen LogP contribution is -2.18. The highest BCUT2D eigenvalue weighted by Gasteiger charge is 2.29. The average molecular weight is 410 g/mol. The van der Waals surface area contributed by atoms with E-state index in [-0.39, 0.29) is 26.5 Å². The molecule has 144 valence electrons. The van der Waals surface area contributed by atoms with Crippen LogP contribution in [0.2, 0.25) is 5.02 Å². The molecule has 3 rings (SSSR count). The molecule has 2 aromatic heterocycles. The average Bonchev–Trinajstić information content (AvgIpc) is 2.89. The summed E-state index contributed by atoms with van der Waals surface area (Å²) < 4.78 is 27.9. The first-order chi connectivity index (χ1) is 12.7. The quantitative estimate of drug-likeness (QED) is 0.641. The minimum absolute atomic E-state index is 0.0252. The number of nitrogens with two attached hydrogens (primary N) is 1. The predicted octanol–water partition coefficient (Wildman–Crippen LogP) is 1.74. The van der Waals surface area contributed by atoms with Crippen molar-refractivity contribution in [1.82, 2.24) is 19.7 Å². The van der Waals surface area contributed by atoms with Gasteiger partial charge in [0.05, 0.1) is 11.1 Å². The smallest absolute Gasteiger partial charge is 0.288 e. The van der Waals surface area contributed by atoms with Crippen LogP contribution in [0.25, 0.3) is 10.9 Å². The van der Waals surface area contributed by atoms with Gasteiger partial charge in [-0.05, 0) is 51.3 Å². The van der Waals surface area contributed by atoms with E-state index >= 15 is 0 Å². The van der Waals surface area contributed by atoms with E-state index in [4.69, 9.17) is 17.3 Å². The van der Waals surface area contributed by atoms with E-state index in [9.17, 15) is 13.2 Å². The maximum Gasteiger partial charge on any atom is 0.288 e. The van der Waals surface area contributed by atoms with Gasteiger partial charge in [0, 0.05) is 17.0 Å². The van der Waals surface area contributed by atoms with Crippen LogP contribution in [0.4, 0.5) is 5.82 Å². The fourth-order valence-corrected chi connectivity index (χ4v) is 4.68. The van der Waals surface area contributed by atoms with E-state index in [0.717, 1.165) is 6.54 Å². The number of anilines is 1. The third kappa shape index (κ3) is 3.58. The molecule has 1 aromatic carbocycles. The van der Waals surface area contributed by atoms with E-state index in [1.54, 1.807) is 4.57 Å². The number of halogens is 1. The molecule has 0 unspecified atom stereocenters. The third-order valence-electron chi connectivity index (χ3n) is 4.25. The Labute approximate surface area is 161 Å². The maximum atomic E-state index is 13.2. The van der Waals surface area contributed by atoms with Crippen LogP contribution in [-0.2, 0) is 16.4 Å². The highest BCUT2D eigenvalue weighted by atomic mass is 35.5. The van der Waals surface area contributed by atoms with Gasteiger partial charge in [-0.15, -0.1) is 0 Å². The van der Waals surface area contributed by atoms with Crippen LogP contribution in [0.5, 0.6) is 0 Å². The lowest BCUT2D eigenvalue weighted by molar-refractivity contribution is 0.388. The van der Waals surface area contributed by atoms with Crippen molar-refractivity contribution >= 4 is 38.2 Å². The number of aromatic amines is 1. The second kappa shape index (κ2) is 7.34. The monoisotopic (exact) mass is 409 g/mol. The number of sulfone groups is 1. The molecule has 10 heteroatoms. The number of aryl methyl sites for hydroxylation is 1. The second-order valence-electron chi connectivity index (χ2n) is 6.44. The molecular formula is C17H20ClN5O3S. The summed E-state index contributed by atoms with van der Waals surface area (Å²) in [6, 6.07) is 5.80. The minimum Gasteiger partial charge on any atom is -0.384 e. The first-order valence-corrected chi connectivity index (χ1v) is 10.1. The Morgan fingerprint density at radius 1 is 1.26 bits per heavy atom. The maximum absolute atomic E-state index is 13.2. The van der Waals surface area contributed by atoms with Crippen molar-refractivity contribution < 1.29 is 8.42 Å². The molecule has 0 atom stereocenters. The highest BCUT2D eigenvalue weighted by molar-refractivity contribution is 7.92. The van der Waals surface area contributed by atoms with Gasteiger partial charge < -0.3 is 15.2 Å². The molecule has 8 nitrogen and oxygen atoms in total. The van der Waals surface area contributed by atoms with Crippen molar-refractivity contribution in [2.75, 3.05) is 26.4 Å². The Bertz CT molecular complexity index is 1130. The van der Waals surface area contributed by atoms with Gasteiger partial charge in [0.1, 0.15) is 16.2 Å². The molecular weight excluding hydrogens is 390 g/mol. The van der Waals surface area contributed by atoms with Crippen molar-refractivity contribution in [1.29, 1.82) is 0 Å². The number of H-pyrrole nitrogens is 1. The van der Waals surface area contributed by atoms with Gasteiger partial charge >= 0.3 is 0 Å². The number of rotatable bonds is 6. The molecule has 0 aliphatic rings. The number of benzene rings is 1. The van der Waals surface area contributed by atoms with Crippen LogP contribution >= 0.6 is 11.6 Å². The van der Waals surface area contributed by atoms with Gasteiger partial charge in [-0.25, -0.2) is 13.5 Å². The molecule has 0 aliphatic carbocycles. The number of hydrogen-bond acceptors (Lipinski definition) is 6. The highest BCUT2D eigenvalue weighted by Crippen LogP contribution is 2.34. The molecule has 3 aromatic rings. The minimum atomic E-state index is -3.96. The Kier molecular flexibility index (Phi) is 5.27. The zero-order chi connectivity index (χ0) is 19.8. The Balaban J connectivity index is 2.21. The van der Waals surface area contributed by atoms with E-state index in [1.807, 2.05) is 19.0 Å². The van der Waals surface area contributed by atoms with E-state index in [1.165, 1.54) is 30.5 Å². The van der Waals surface area contributed by atoms with Crippen molar-refractivity contribution in [3.63, 3.8) is 0 Å². The zero-order valence-electron chi connectivity index (χ0n) is 14.9. The van der Waals surface area contributed by atoms with Crippen LogP contribution in [0.1, 0.15) is 6.42 Å². The van der Waals surface area contributed by atoms with Gasteiger partial charge in [0.15, 0.2) is 0 Å². The Morgan fingerprint density at radius 3 is 2.56 bits per heavy atom. The van der Waals surface area contributed by atoms with Gasteiger partial charge in [0.2, 0.25) is 9.84 Å². The van der Waals surface area contributed by atoms with Crippen LogP contribution in [-0.4, -0.2) is 48.7 Å². The number of nitrogens with zero attached hydrogens (tertiary/aromatic N) is 3. The van der Waals surface area contributed by atoms with Crippen LogP contribution < -0.4 is 11.3 Å². The second-order valence-corrected chi connectivity index (χ2v) is 8.76. The van der Waals surface area contributed by atoms with Crippen LogP contribution in [0, 0.1) is 0 Å². The molecule has 3 N–H and O–H groups in total. The molecule has 0 fully saturated rings. The summed E-state index contributed by atoms with van der Waals surface area (Å²) in [5.74, 6) is 0.0252. The van der Waals surface area contributed by atoms with Crippen molar-refractivity contribution in [2.24, 2.45) is 0 Å². The molecule has 2 heterocycles. The largest absolute Gasteiger partial charge is 0.384 e. The molecule has 0 saturated heterocycles. The summed E-state index contributed by atoms with van der Waals surface area (Å²) in [6.07, 6.45) is 2.02. The zero-order valence-corrected chi connectivity index (χ0v) is 16.5. The third-order valence-corrected chi connectivity index (χ3v) is 6.36. The molecule has 0 aliphatic heterocycles. The van der Waals surface area contributed by atoms with E-state index in [0.29, 0.717) is 18.0 Å². The lowest BCUT2D eigenvalue weighted by Gasteiger charge is -2.12. The van der Waals surface area contributed by atoms with Gasteiger partial charge in [-0.2, -0.15) is 5.10 Å². The fourth-order valence-electron chi connectivity index (χ4n) is 3.00. The molecule has 27 heavy (non-hydrogen) atoms. The van der Waals surface area contributed by atoms with Crippen molar-refractivity contribution in [3.8, 4) is 0 Å². The Morgan fingerprint density at radius 2 is 1.93 bits per heavy atom. The predicted molar refractivity (Wildman–Crippen MR) is 105 cm³/mol. The van der Waals surface area contributed by atoms with E-state index < -0.39 is 15.4 Å². The number of fused-ring (bicyclic) bond motifs is 1. The first kappa shape index (κ1) is 19.4. The first-order valence-electron chi connectivity index (χ1n) is 8.24. The lowest BCUT2D eigenvalue weighted by atomic mass is 10.3. The van der Waals surface area contributed by atoms with Crippen LogP contribution in [0.3, 0.4) is 0 Å². The topological polar surface area (TPSA) is 114 Å². The fraction of sp³-hybridized carbons (Fsp3) is 0.294. The SMILES string of the molecule is CN(C)CCCn1c(N)c(S(=O)(=O)c2ccc(Cl)cc2)c2cn[nH]c(=O)c21. The van der Waals surface area contributed by atoms with Gasteiger partial charge in [-0.3, -0.25) is 4.79 Å². The summed E-state index contributed by atoms with van der Waals surface area (Å²) in [6.45, 7) is 1.17. The molecule has 0 amide bonds. The summed E-state index contributed by atoms with van der Waals surface area (Å²) in [5, 5.41) is 6.73. The molecule has 0 spiro atoms. The number of nitrogens with one attached hydrogen (secondary N) is 1. The molecule has 0 saturated carbocycles. The summed E-state index contributed by atoms with van der Waals surface area (Å²) in [4.78, 5) is 14.3. The standard InChI is InChI=1S/C17H20ClN5O3S/c1-22(2)8-3-9-23-14-13(10-20-21-17(14)24)15(16(23)19)27(25,26)12-6-4-11(18)5-7-12/h4-7,10H,3,8-9,19H2,1-2H3,(H,21,24). The number of hydrogen-bond donors (Lipinski definition) is 2. The van der Waals surface area contributed by atoms with Gasteiger partial charge in [-0.1, -0.05) is 11.6 Å². The van der Waals surface area contributed by atoms with E-state index in [2.05, 4.69) is 10.2 Å². The molecule has 0 bridgehead atoms. The summed E-state index contributed by atoms with van der Waals surface area (Å²) in [5.41, 5.74) is 5.94. The Hall–Kier alpha value is -2.36. The van der Waals surface area contributed by atoms with Crippen molar-refractivity contribution in [3.05, 3.63) is 45.8 Å². The van der Waals surface area contributed by atoms with Crippen molar-refractivity contribution in [2.45, 2.75) is 22.8 Å². The number of aromatic nitrogens is 3. The van der Waals surface area contributed by atoms with Crippen LogP contribution in [0.15, 0.2) is 45.0 Å². The summed E-state index contributed by atoms with van der Waals surface area (Å²) >= 11 is 5.86. The van der Waals surface area contributed by atoms with Gasteiger partial charge in [0.25, 0.3) is 5.56 Å². The normalized spacial score (nSPS) is 12.1.